The van der Waals surface area contributed by atoms with Crippen LogP contribution in [0.1, 0.15) is 71.6 Å². The average molecular weight is 403 g/mol. The number of hydrogen-bond donors (Lipinski definition) is 2. The van der Waals surface area contributed by atoms with Crippen LogP contribution in [0.15, 0.2) is 17.3 Å². The number of rotatable bonds is 5. The number of fused-ring (bicyclic) bond motifs is 5. The second-order valence-corrected chi connectivity index (χ2v) is 10.5. The van der Waals surface area contributed by atoms with Gasteiger partial charge in [-0.1, -0.05) is 25.6 Å². The van der Waals surface area contributed by atoms with Crippen molar-refractivity contribution in [1.82, 2.24) is 5.32 Å². The number of nitrogens with one attached hydrogen (secondary N) is 1. The van der Waals surface area contributed by atoms with Gasteiger partial charge in [0, 0.05) is 23.7 Å². The first kappa shape index (κ1) is 21.0. The lowest BCUT2D eigenvalue weighted by Gasteiger charge is -2.63. The minimum absolute atomic E-state index is 0.143. The van der Waals surface area contributed by atoms with Crippen LogP contribution < -0.4 is 5.32 Å². The Labute approximate surface area is 175 Å². The average Bonchev–Trinajstić information content (AvgIpc) is 2.99. The standard InChI is InChI=1S/C24H38N2O3/c1-16-14-18-19-6-7-21(27)22(19,2)10-9-20(18)23(3)11-8-17(15-24(16,23)28)26-29-13-5-12-25-4/h18-20,25,28H,1,5-15H2,2-4H3/t18-,19-,20+,22-,23+,24?/m0/s1. The van der Waals surface area contributed by atoms with E-state index in [-0.39, 0.29) is 10.8 Å². The quantitative estimate of drug-likeness (QED) is 0.416. The van der Waals surface area contributed by atoms with E-state index in [9.17, 15) is 9.90 Å². The van der Waals surface area contributed by atoms with Crippen LogP contribution in [0.5, 0.6) is 0 Å². The van der Waals surface area contributed by atoms with Crippen LogP contribution in [0, 0.1) is 28.6 Å². The molecule has 0 saturated heterocycles. The molecule has 4 aliphatic rings. The molecule has 29 heavy (non-hydrogen) atoms. The summed E-state index contributed by atoms with van der Waals surface area (Å²) in [6.45, 7) is 10.4. The molecule has 4 saturated carbocycles. The van der Waals surface area contributed by atoms with Gasteiger partial charge in [0.2, 0.25) is 0 Å². The summed E-state index contributed by atoms with van der Waals surface area (Å²) in [6, 6.07) is 0. The van der Waals surface area contributed by atoms with Crippen LogP contribution in [0.2, 0.25) is 0 Å². The summed E-state index contributed by atoms with van der Waals surface area (Å²) >= 11 is 0. The summed E-state index contributed by atoms with van der Waals surface area (Å²) in [5.74, 6) is 1.86. The number of oxime groups is 1. The highest BCUT2D eigenvalue weighted by molar-refractivity contribution is 5.88. The van der Waals surface area contributed by atoms with E-state index in [0.717, 1.165) is 69.2 Å². The van der Waals surface area contributed by atoms with Crippen molar-refractivity contribution in [3.05, 3.63) is 12.2 Å². The molecule has 1 unspecified atom stereocenters. The molecule has 5 heteroatoms. The van der Waals surface area contributed by atoms with Gasteiger partial charge in [0.25, 0.3) is 0 Å². The van der Waals surface area contributed by atoms with Crippen LogP contribution in [0.25, 0.3) is 0 Å². The van der Waals surface area contributed by atoms with Crippen molar-refractivity contribution in [3.8, 4) is 0 Å². The largest absolute Gasteiger partial charge is 0.396 e. The number of ketones is 1. The number of nitrogens with zero attached hydrogens (tertiary/aromatic N) is 1. The van der Waals surface area contributed by atoms with Gasteiger partial charge in [0.15, 0.2) is 0 Å². The second-order valence-electron chi connectivity index (χ2n) is 10.5. The predicted molar refractivity (Wildman–Crippen MR) is 115 cm³/mol. The molecule has 0 aromatic heterocycles. The molecule has 0 radical (unpaired) electrons. The fourth-order valence-electron chi connectivity index (χ4n) is 7.33. The van der Waals surface area contributed by atoms with Crippen molar-refractivity contribution in [2.75, 3.05) is 20.2 Å². The maximum atomic E-state index is 12.6. The van der Waals surface area contributed by atoms with E-state index in [1.54, 1.807) is 0 Å². The van der Waals surface area contributed by atoms with Crippen molar-refractivity contribution in [2.24, 2.45) is 33.7 Å². The molecule has 162 valence electrons. The van der Waals surface area contributed by atoms with Crippen molar-refractivity contribution in [2.45, 2.75) is 77.2 Å². The highest BCUT2D eigenvalue weighted by atomic mass is 16.6. The van der Waals surface area contributed by atoms with Gasteiger partial charge in [0.05, 0.1) is 11.3 Å². The fraction of sp³-hybridized carbons (Fsp3) is 0.833. The van der Waals surface area contributed by atoms with Gasteiger partial charge in [-0.15, -0.1) is 0 Å². The Morgan fingerprint density at radius 3 is 2.79 bits per heavy atom. The van der Waals surface area contributed by atoms with E-state index in [4.69, 9.17) is 4.84 Å². The number of aliphatic hydroxyl groups is 1. The lowest BCUT2D eigenvalue weighted by atomic mass is 9.43. The van der Waals surface area contributed by atoms with Gasteiger partial charge in [-0.2, -0.15) is 0 Å². The molecule has 0 aromatic rings. The first-order valence-corrected chi connectivity index (χ1v) is 11.5. The molecule has 4 fully saturated rings. The third-order valence-electron chi connectivity index (χ3n) is 9.23. The fourth-order valence-corrected chi connectivity index (χ4v) is 7.33. The molecule has 4 aliphatic carbocycles. The smallest absolute Gasteiger partial charge is 0.139 e. The number of Topliss-reactive ketones (excluding diaryl/α,β-unsaturated/α-hetero) is 1. The zero-order valence-electron chi connectivity index (χ0n) is 18.4. The highest BCUT2D eigenvalue weighted by Gasteiger charge is 2.65. The molecule has 0 amide bonds. The van der Waals surface area contributed by atoms with E-state index in [1.165, 1.54) is 0 Å². The highest BCUT2D eigenvalue weighted by Crippen LogP contribution is 2.67. The number of carbonyl (C=O) groups excluding carboxylic acids is 1. The molecular weight excluding hydrogens is 364 g/mol. The maximum absolute atomic E-state index is 12.6. The molecule has 0 aliphatic heterocycles. The minimum Gasteiger partial charge on any atom is -0.396 e. The van der Waals surface area contributed by atoms with Gasteiger partial charge in [-0.05, 0) is 81.9 Å². The second kappa shape index (κ2) is 7.49. The van der Waals surface area contributed by atoms with Gasteiger partial charge >= 0.3 is 0 Å². The third-order valence-corrected chi connectivity index (χ3v) is 9.23. The first-order chi connectivity index (χ1) is 13.8. The Hall–Kier alpha value is -1.20. The molecule has 0 aromatic carbocycles. The maximum Gasteiger partial charge on any atom is 0.139 e. The van der Waals surface area contributed by atoms with E-state index in [1.807, 2.05) is 7.05 Å². The molecule has 0 heterocycles. The lowest BCUT2D eigenvalue weighted by Crippen LogP contribution is -2.63. The SMILES string of the molecule is C=C1C[C@@H]2[C@@H](CC[C@]3(C)C(=O)CC[C@@H]23)[C@@]2(C)CCC(=NOCCCNC)CC12O. The zero-order chi connectivity index (χ0) is 20.9. The summed E-state index contributed by atoms with van der Waals surface area (Å²) in [5.41, 5.74) is 0.676. The van der Waals surface area contributed by atoms with Gasteiger partial charge in [-0.3, -0.25) is 4.79 Å². The lowest BCUT2D eigenvalue weighted by molar-refractivity contribution is -0.161. The summed E-state index contributed by atoms with van der Waals surface area (Å²) in [7, 11) is 1.93. The molecule has 0 bridgehead atoms. The van der Waals surface area contributed by atoms with Crippen LogP contribution >= 0.6 is 0 Å². The Bertz CT molecular complexity index is 719. The summed E-state index contributed by atoms with van der Waals surface area (Å²) in [6.07, 6.45) is 7.88. The topological polar surface area (TPSA) is 70.9 Å². The molecule has 4 rings (SSSR count). The van der Waals surface area contributed by atoms with Crippen molar-refractivity contribution in [1.29, 1.82) is 0 Å². The van der Waals surface area contributed by atoms with E-state index < -0.39 is 5.60 Å². The Kier molecular flexibility index (Phi) is 5.44. The molecule has 6 atom stereocenters. The Balaban J connectivity index is 1.53. The third kappa shape index (κ3) is 3.11. The van der Waals surface area contributed by atoms with Crippen molar-refractivity contribution < 1.29 is 14.7 Å². The van der Waals surface area contributed by atoms with Crippen LogP contribution in [-0.2, 0) is 9.63 Å². The summed E-state index contributed by atoms with van der Waals surface area (Å²) in [5, 5.41) is 19.4. The first-order valence-electron chi connectivity index (χ1n) is 11.5. The van der Waals surface area contributed by atoms with Crippen LogP contribution in [-0.4, -0.2) is 42.4 Å². The number of carbonyl (C=O) groups is 1. The van der Waals surface area contributed by atoms with E-state index in [2.05, 4.69) is 30.9 Å². The summed E-state index contributed by atoms with van der Waals surface area (Å²) < 4.78 is 0. The monoisotopic (exact) mass is 402 g/mol. The van der Waals surface area contributed by atoms with Gasteiger partial charge in [-0.25, -0.2) is 0 Å². The molecule has 0 spiro atoms. The van der Waals surface area contributed by atoms with Gasteiger partial charge < -0.3 is 15.3 Å². The minimum atomic E-state index is -0.907. The van der Waals surface area contributed by atoms with Crippen molar-refractivity contribution in [3.63, 3.8) is 0 Å². The Morgan fingerprint density at radius 1 is 1.24 bits per heavy atom. The molecular formula is C24H38N2O3. The molecule has 5 nitrogen and oxygen atoms in total. The van der Waals surface area contributed by atoms with Gasteiger partial charge in [0.1, 0.15) is 12.4 Å². The van der Waals surface area contributed by atoms with E-state index in [0.29, 0.717) is 36.6 Å². The zero-order valence-corrected chi connectivity index (χ0v) is 18.4. The molecule has 2 N–H and O–H groups in total. The van der Waals surface area contributed by atoms with E-state index >= 15 is 0 Å². The normalized spacial score (nSPS) is 45.7. The van der Waals surface area contributed by atoms with Crippen LogP contribution in [0.3, 0.4) is 0 Å². The van der Waals surface area contributed by atoms with Crippen LogP contribution in [0.4, 0.5) is 0 Å². The van der Waals surface area contributed by atoms with Crippen molar-refractivity contribution >= 4 is 11.5 Å². The number of hydrogen-bond acceptors (Lipinski definition) is 5. The summed E-state index contributed by atoms with van der Waals surface area (Å²) in [4.78, 5) is 18.1. The Morgan fingerprint density at radius 2 is 2.03 bits per heavy atom. The predicted octanol–water partition coefficient (Wildman–Crippen LogP) is 3.86.